The normalized spacial score (nSPS) is 42.9. The number of hydrogen-bond acceptors (Lipinski definition) is 5. The van der Waals surface area contributed by atoms with Crippen LogP contribution in [0.1, 0.15) is 20.8 Å². The predicted molar refractivity (Wildman–Crippen MR) is 50.2 cm³/mol. The van der Waals surface area contributed by atoms with E-state index in [0.29, 0.717) is 6.61 Å². The van der Waals surface area contributed by atoms with Crippen molar-refractivity contribution in [3.05, 3.63) is 0 Å². The Balaban J connectivity index is 2.10. The van der Waals surface area contributed by atoms with Crippen molar-refractivity contribution >= 4 is 6.29 Å². The molecule has 5 heteroatoms. The van der Waals surface area contributed by atoms with Crippen LogP contribution in [0.2, 0.25) is 0 Å². The summed E-state index contributed by atoms with van der Waals surface area (Å²) in [7, 11) is 0. The Morgan fingerprint density at radius 1 is 1.40 bits per heavy atom. The van der Waals surface area contributed by atoms with E-state index < -0.39 is 18.2 Å². The van der Waals surface area contributed by atoms with Crippen molar-refractivity contribution < 1.29 is 23.7 Å². The molecule has 2 aliphatic rings. The van der Waals surface area contributed by atoms with E-state index in [4.69, 9.17) is 18.9 Å². The van der Waals surface area contributed by atoms with E-state index in [1.54, 1.807) is 0 Å². The molecule has 0 aliphatic carbocycles. The van der Waals surface area contributed by atoms with Crippen molar-refractivity contribution in [3.63, 3.8) is 0 Å². The highest BCUT2D eigenvalue weighted by Crippen LogP contribution is 2.38. The number of carbonyl (C=O) groups is 1. The molecule has 0 saturated carbocycles. The molecule has 2 aliphatic heterocycles. The van der Waals surface area contributed by atoms with Gasteiger partial charge < -0.3 is 23.7 Å². The van der Waals surface area contributed by atoms with Crippen LogP contribution in [0.4, 0.5) is 0 Å². The van der Waals surface area contributed by atoms with Crippen molar-refractivity contribution in [1.82, 2.24) is 0 Å². The van der Waals surface area contributed by atoms with Crippen LogP contribution in [-0.2, 0) is 23.7 Å². The van der Waals surface area contributed by atoms with Crippen LogP contribution in [0.25, 0.3) is 0 Å². The standard InChI is InChI=1S/C10H16O5/c1-4-12-7-6(5-11)13-9-8(7)14-10(2,3)15-9/h5-9H,4H2,1-3H3/t6-,7+,8-,9-/m1/s1. The Kier molecular flexibility index (Phi) is 2.81. The van der Waals surface area contributed by atoms with Crippen molar-refractivity contribution in [2.75, 3.05) is 6.61 Å². The lowest BCUT2D eigenvalue weighted by atomic mass is 10.1. The first-order chi connectivity index (χ1) is 7.07. The second-order valence-corrected chi connectivity index (χ2v) is 4.13. The molecule has 0 unspecified atom stereocenters. The molecular weight excluding hydrogens is 200 g/mol. The van der Waals surface area contributed by atoms with Gasteiger partial charge in [-0.15, -0.1) is 0 Å². The first-order valence-corrected chi connectivity index (χ1v) is 5.15. The molecule has 86 valence electrons. The molecule has 2 fully saturated rings. The number of hydrogen-bond donors (Lipinski definition) is 0. The second kappa shape index (κ2) is 3.83. The Labute approximate surface area is 88.6 Å². The predicted octanol–water partition coefficient (Wildman–Crippen LogP) is 0.467. The summed E-state index contributed by atoms with van der Waals surface area (Å²) in [6.45, 7) is 6.02. The average Bonchev–Trinajstić information content (AvgIpc) is 2.60. The zero-order chi connectivity index (χ0) is 11.1. The number of fused-ring (bicyclic) bond motifs is 1. The summed E-state index contributed by atoms with van der Waals surface area (Å²) in [6.07, 6.45) is -1.02. The number of ether oxygens (including phenoxy) is 4. The van der Waals surface area contributed by atoms with Gasteiger partial charge in [-0.2, -0.15) is 0 Å². The zero-order valence-electron chi connectivity index (χ0n) is 9.14. The van der Waals surface area contributed by atoms with E-state index in [1.807, 2.05) is 20.8 Å². The van der Waals surface area contributed by atoms with Crippen LogP contribution in [0.15, 0.2) is 0 Å². The number of carbonyl (C=O) groups excluding carboxylic acids is 1. The molecular formula is C10H16O5. The molecule has 4 atom stereocenters. The molecule has 0 radical (unpaired) electrons. The lowest BCUT2D eigenvalue weighted by Crippen LogP contribution is -2.37. The largest absolute Gasteiger partial charge is 0.372 e. The van der Waals surface area contributed by atoms with Crippen molar-refractivity contribution in [2.24, 2.45) is 0 Å². The van der Waals surface area contributed by atoms with Gasteiger partial charge in [-0.1, -0.05) is 0 Å². The van der Waals surface area contributed by atoms with Crippen LogP contribution < -0.4 is 0 Å². The van der Waals surface area contributed by atoms with E-state index in [9.17, 15) is 4.79 Å². The van der Waals surface area contributed by atoms with Gasteiger partial charge in [-0.05, 0) is 20.8 Å². The van der Waals surface area contributed by atoms with Crippen LogP contribution in [0.5, 0.6) is 0 Å². The molecule has 0 bridgehead atoms. The maximum atomic E-state index is 10.8. The van der Waals surface area contributed by atoms with Gasteiger partial charge in [0.2, 0.25) is 0 Å². The van der Waals surface area contributed by atoms with E-state index in [2.05, 4.69) is 0 Å². The third kappa shape index (κ3) is 1.92. The lowest BCUT2D eigenvalue weighted by Gasteiger charge is -2.23. The molecule has 2 saturated heterocycles. The summed E-state index contributed by atoms with van der Waals surface area (Å²) in [5.41, 5.74) is 0. The molecule has 0 aromatic rings. The molecule has 2 rings (SSSR count). The average molecular weight is 216 g/mol. The van der Waals surface area contributed by atoms with Gasteiger partial charge in [-0.3, -0.25) is 0 Å². The summed E-state index contributed by atoms with van der Waals surface area (Å²) in [4.78, 5) is 10.8. The molecule has 0 aromatic carbocycles. The van der Waals surface area contributed by atoms with Crippen LogP contribution in [-0.4, -0.2) is 43.3 Å². The SMILES string of the molecule is CCO[C@@H]1[C@H]2OC(C)(C)O[C@H]2O[C@@H]1C=O. The Hall–Kier alpha value is -0.490. The molecule has 0 amide bonds. The summed E-state index contributed by atoms with van der Waals surface area (Å²) >= 11 is 0. The van der Waals surface area contributed by atoms with Gasteiger partial charge in [0.25, 0.3) is 0 Å². The topological polar surface area (TPSA) is 54.0 Å². The Bertz CT molecular complexity index is 252. The minimum Gasteiger partial charge on any atom is -0.372 e. The maximum absolute atomic E-state index is 10.8. The Morgan fingerprint density at radius 3 is 2.73 bits per heavy atom. The van der Waals surface area contributed by atoms with Gasteiger partial charge in [0.1, 0.15) is 18.3 Å². The minimum absolute atomic E-state index is 0.310. The first-order valence-electron chi connectivity index (χ1n) is 5.15. The summed E-state index contributed by atoms with van der Waals surface area (Å²) in [6, 6.07) is 0. The fourth-order valence-electron chi connectivity index (χ4n) is 2.00. The zero-order valence-corrected chi connectivity index (χ0v) is 9.14. The van der Waals surface area contributed by atoms with E-state index in [-0.39, 0.29) is 12.2 Å². The Morgan fingerprint density at radius 2 is 2.13 bits per heavy atom. The summed E-state index contributed by atoms with van der Waals surface area (Å²) in [5, 5.41) is 0. The monoisotopic (exact) mass is 216 g/mol. The van der Waals surface area contributed by atoms with E-state index in [1.165, 1.54) is 0 Å². The maximum Gasteiger partial charge on any atom is 0.190 e. The van der Waals surface area contributed by atoms with Crippen LogP contribution in [0, 0.1) is 0 Å². The van der Waals surface area contributed by atoms with E-state index >= 15 is 0 Å². The highest BCUT2D eigenvalue weighted by Gasteiger charge is 2.55. The van der Waals surface area contributed by atoms with Crippen molar-refractivity contribution in [3.8, 4) is 0 Å². The third-order valence-corrected chi connectivity index (χ3v) is 2.52. The minimum atomic E-state index is -0.668. The molecule has 2 heterocycles. The smallest absolute Gasteiger partial charge is 0.190 e. The molecule has 0 aromatic heterocycles. The van der Waals surface area contributed by atoms with E-state index in [0.717, 1.165) is 6.29 Å². The first kappa shape index (κ1) is 11.0. The van der Waals surface area contributed by atoms with Crippen molar-refractivity contribution in [2.45, 2.75) is 51.2 Å². The molecule has 0 N–H and O–H groups in total. The summed E-state index contributed by atoms with van der Waals surface area (Å²) < 4.78 is 22.0. The second-order valence-electron chi connectivity index (χ2n) is 4.13. The third-order valence-electron chi connectivity index (χ3n) is 2.52. The van der Waals surface area contributed by atoms with Crippen molar-refractivity contribution in [1.29, 1.82) is 0 Å². The van der Waals surface area contributed by atoms with Crippen LogP contribution in [0.3, 0.4) is 0 Å². The van der Waals surface area contributed by atoms with Gasteiger partial charge >= 0.3 is 0 Å². The molecule has 0 spiro atoms. The fraction of sp³-hybridized carbons (Fsp3) is 0.900. The highest BCUT2D eigenvalue weighted by molar-refractivity contribution is 5.58. The molecule has 15 heavy (non-hydrogen) atoms. The van der Waals surface area contributed by atoms with Gasteiger partial charge in [0, 0.05) is 6.61 Å². The lowest BCUT2D eigenvalue weighted by molar-refractivity contribution is -0.214. The summed E-state index contributed by atoms with van der Waals surface area (Å²) in [5.74, 6) is -0.668. The van der Waals surface area contributed by atoms with Gasteiger partial charge in [-0.25, -0.2) is 0 Å². The molecule has 5 nitrogen and oxygen atoms in total. The number of aldehydes is 1. The fourth-order valence-corrected chi connectivity index (χ4v) is 2.00. The number of rotatable bonds is 3. The van der Waals surface area contributed by atoms with Gasteiger partial charge in [0.15, 0.2) is 18.4 Å². The quantitative estimate of drug-likeness (QED) is 0.642. The van der Waals surface area contributed by atoms with Gasteiger partial charge in [0.05, 0.1) is 0 Å². The highest BCUT2D eigenvalue weighted by atomic mass is 16.8. The van der Waals surface area contributed by atoms with Crippen LogP contribution >= 0.6 is 0 Å².